The van der Waals surface area contributed by atoms with Crippen LogP contribution in [-0.4, -0.2) is 26.2 Å². The molecule has 0 unspecified atom stereocenters. The highest BCUT2D eigenvalue weighted by Gasteiger charge is 2.17. The van der Waals surface area contributed by atoms with Crippen molar-refractivity contribution in [2.75, 3.05) is 0 Å². The number of carboxylic acid groups (broad SMARTS) is 1. The van der Waals surface area contributed by atoms with Gasteiger partial charge in [0.1, 0.15) is 11.5 Å². The molecular weight excluding hydrogens is 278 g/mol. The maximum atomic E-state index is 10.9. The van der Waals surface area contributed by atoms with Gasteiger partial charge >= 0.3 is 5.97 Å². The van der Waals surface area contributed by atoms with E-state index in [1.165, 1.54) is 30.3 Å². The number of hydrogen-bond acceptors (Lipinski definition) is 5. The van der Waals surface area contributed by atoms with E-state index < -0.39 is 17.3 Å². The highest BCUT2D eigenvalue weighted by atomic mass is 16.6. The Labute approximate surface area is 118 Å². The van der Waals surface area contributed by atoms with Crippen LogP contribution in [0.2, 0.25) is 0 Å². The second-order valence-electron chi connectivity index (χ2n) is 4.38. The molecule has 2 aromatic carbocycles. The topological polar surface area (TPSA) is 121 Å². The van der Waals surface area contributed by atoms with Crippen molar-refractivity contribution in [2.24, 2.45) is 0 Å². The predicted octanol–water partition coefficient (Wildman–Crippen LogP) is 2.30. The van der Waals surface area contributed by atoms with Gasteiger partial charge in [-0.05, 0) is 17.2 Å². The normalized spacial score (nSPS) is 10.3. The molecule has 2 aromatic rings. The minimum Gasteiger partial charge on any atom is -0.508 e. The van der Waals surface area contributed by atoms with Gasteiger partial charge in [0.05, 0.1) is 11.3 Å². The molecule has 0 radical (unpaired) electrons. The van der Waals surface area contributed by atoms with Gasteiger partial charge in [0.25, 0.3) is 5.69 Å². The summed E-state index contributed by atoms with van der Waals surface area (Å²) in [5.74, 6) is -1.77. The van der Waals surface area contributed by atoms with E-state index in [-0.39, 0.29) is 28.3 Å². The van der Waals surface area contributed by atoms with Crippen molar-refractivity contribution in [3.05, 3.63) is 52.1 Å². The number of rotatable bonds is 4. The van der Waals surface area contributed by atoms with E-state index in [1.54, 1.807) is 0 Å². The van der Waals surface area contributed by atoms with E-state index in [4.69, 9.17) is 5.11 Å². The smallest absolute Gasteiger partial charge is 0.307 e. The Kier molecular flexibility index (Phi) is 3.75. The summed E-state index contributed by atoms with van der Waals surface area (Å²) in [6.07, 6.45) is -0.431. The van der Waals surface area contributed by atoms with E-state index in [0.717, 1.165) is 6.07 Å². The summed E-state index contributed by atoms with van der Waals surface area (Å²) >= 11 is 0. The Bertz CT molecular complexity index is 725. The average molecular weight is 289 g/mol. The molecule has 0 aromatic heterocycles. The summed E-state index contributed by atoms with van der Waals surface area (Å²) in [5.41, 5.74) is 0.443. The van der Waals surface area contributed by atoms with Gasteiger partial charge in [-0.2, -0.15) is 0 Å². The zero-order valence-electron chi connectivity index (χ0n) is 10.7. The maximum absolute atomic E-state index is 10.9. The van der Waals surface area contributed by atoms with Crippen LogP contribution in [0.1, 0.15) is 5.56 Å². The van der Waals surface area contributed by atoms with Gasteiger partial charge in [-0.25, -0.2) is 0 Å². The molecule has 0 amide bonds. The molecule has 0 aliphatic carbocycles. The van der Waals surface area contributed by atoms with E-state index in [0.29, 0.717) is 5.56 Å². The lowest BCUT2D eigenvalue weighted by atomic mass is 9.96. The number of nitrogens with zero attached hydrogens (tertiary/aromatic N) is 1. The van der Waals surface area contributed by atoms with Crippen molar-refractivity contribution in [1.29, 1.82) is 0 Å². The minimum absolute atomic E-state index is 0.152. The molecule has 0 aliphatic rings. The molecule has 7 nitrogen and oxygen atoms in total. The SMILES string of the molecule is O=C(O)Cc1cc(O)cc(O)c1-c1cccc([N+](=O)[O-])c1. The highest BCUT2D eigenvalue weighted by molar-refractivity contribution is 5.81. The number of hydrogen-bond donors (Lipinski definition) is 3. The standard InChI is InChI=1S/C14H11NO6/c16-11-5-9(6-13(18)19)14(12(17)7-11)8-2-1-3-10(4-8)15(20)21/h1-5,7,16-17H,6H2,(H,18,19). The first-order valence-corrected chi connectivity index (χ1v) is 5.90. The molecule has 108 valence electrons. The van der Waals surface area contributed by atoms with Gasteiger partial charge in [-0.3, -0.25) is 14.9 Å². The first kappa shape index (κ1) is 14.3. The molecule has 7 heteroatoms. The number of carboxylic acids is 1. The monoisotopic (exact) mass is 289 g/mol. The zero-order chi connectivity index (χ0) is 15.6. The lowest BCUT2D eigenvalue weighted by Crippen LogP contribution is -2.02. The molecule has 0 atom stereocenters. The summed E-state index contributed by atoms with van der Waals surface area (Å²) in [5, 5.41) is 39.1. The van der Waals surface area contributed by atoms with Crippen LogP contribution >= 0.6 is 0 Å². The first-order chi connectivity index (χ1) is 9.88. The molecule has 0 bridgehead atoms. The van der Waals surface area contributed by atoms with Crippen molar-refractivity contribution in [1.82, 2.24) is 0 Å². The zero-order valence-corrected chi connectivity index (χ0v) is 10.7. The first-order valence-electron chi connectivity index (χ1n) is 5.90. The van der Waals surface area contributed by atoms with Crippen LogP contribution in [0.4, 0.5) is 5.69 Å². The molecule has 2 rings (SSSR count). The largest absolute Gasteiger partial charge is 0.508 e. The van der Waals surface area contributed by atoms with Gasteiger partial charge < -0.3 is 15.3 Å². The fourth-order valence-corrected chi connectivity index (χ4v) is 2.08. The predicted molar refractivity (Wildman–Crippen MR) is 73.2 cm³/mol. The second kappa shape index (κ2) is 5.49. The third-order valence-electron chi connectivity index (χ3n) is 2.87. The third kappa shape index (κ3) is 3.08. The highest BCUT2D eigenvalue weighted by Crippen LogP contribution is 2.37. The van der Waals surface area contributed by atoms with Crippen LogP contribution in [0, 0.1) is 10.1 Å². The quantitative estimate of drug-likeness (QED) is 0.586. The molecule has 0 fully saturated rings. The Hall–Kier alpha value is -3.09. The van der Waals surface area contributed by atoms with Crippen LogP contribution < -0.4 is 0 Å². The second-order valence-corrected chi connectivity index (χ2v) is 4.38. The number of aliphatic carboxylic acids is 1. The van der Waals surface area contributed by atoms with Gasteiger partial charge in [0, 0.05) is 23.8 Å². The third-order valence-corrected chi connectivity index (χ3v) is 2.87. The lowest BCUT2D eigenvalue weighted by Gasteiger charge is -2.11. The molecule has 0 saturated heterocycles. The van der Waals surface area contributed by atoms with Crippen molar-refractivity contribution in [2.45, 2.75) is 6.42 Å². The maximum Gasteiger partial charge on any atom is 0.307 e. The van der Waals surface area contributed by atoms with Crippen LogP contribution in [0.3, 0.4) is 0 Å². The van der Waals surface area contributed by atoms with Crippen molar-refractivity contribution in [3.63, 3.8) is 0 Å². The van der Waals surface area contributed by atoms with Gasteiger partial charge in [-0.15, -0.1) is 0 Å². The van der Waals surface area contributed by atoms with Crippen molar-refractivity contribution < 1.29 is 25.0 Å². The molecular formula is C14H11NO6. The van der Waals surface area contributed by atoms with Gasteiger partial charge in [0.2, 0.25) is 0 Å². The van der Waals surface area contributed by atoms with Gasteiger partial charge in [-0.1, -0.05) is 12.1 Å². The summed E-state index contributed by atoms with van der Waals surface area (Å²) in [6, 6.07) is 7.74. The number of phenolic OH excluding ortho intramolecular Hbond substituents is 2. The molecule has 0 aliphatic heterocycles. The van der Waals surface area contributed by atoms with E-state index in [9.17, 15) is 25.1 Å². The number of carbonyl (C=O) groups is 1. The number of nitro groups is 1. The number of non-ortho nitro benzene ring substituents is 1. The summed E-state index contributed by atoms with van der Waals surface area (Å²) in [7, 11) is 0. The molecule has 3 N–H and O–H groups in total. The average Bonchev–Trinajstić information content (AvgIpc) is 2.37. The van der Waals surface area contributed by atoms with E-state index >= 15 is 0 Å². The van der Waals surface area contributed by atoms with Crippen LogP contribution in [-0.2, 0) is 11.2 Å². The Morgan fingerprint density at radius 2 is 1.90 bits per heavy atom. The van der Waals surface area contributed by atoms with E-state index in [2.05, 4.69) is 0 Å². The van der Waals surface area contributed by atoms with Crippen molar-refractivity contribution >= 4 is 11.7 Å². The van der Waals surface area contributed by atoms with Crippen LogP contribution in [0.25, 0.3) is 11.1 Å². The van der Waals surface area contributed by atoms with Crippen molar-refractivity contribution in [3.8, 4) is 22.6 Å². The molecule has 21 heavy (non-hydrogen) atoms. The molecule has 0 spiro atoms. The Morgan fingerprint density at radius 3 is 2.52 bits per heavy atom. The van der Waals surface area contributed by atoms with Crippen LogP contribution in [0.5, 0.6) is 11.5 Å². The molecule has 0 saturated carbocycles. The number of phenols is 2. The fourth-order valence-electron chi connectivity index (χ4n) is 2.08. The Morgan fingerprint density at radius 1 is 1.19 bits per heavy atom. The summed E-state index contributed by atoms with van der Waals surface area (Å²) < 4.78 is 0. The summed E-state index contributed by atoms with van der Waals surface area (Å²) in [4.78, 5) is 21.1. The number of nitro benzene ring substituents is 1. The van der Waals surface area contributed by atoms with Gasteiger partial charge in [0.15, 0.2) is 0 Å². The molecule has 0 heterocycles. The van der Waals surface area contributed by atoms with E-state index in [1.807, 2.05) is 0 Å². The van der Waals surface area contributed by atoms with Crippen LogP contribution in [0.15, 0.2) is 36.4 Å². The fraction of sp³-hybridized carbons (Fsp3) is 0.0714. The summed E-state index contributed by atoms with van der Waals surface area (Å²) in [6.45, 7) is 0. The Balaban J connectivity index is 2.64. The number of benzene rings is 2. The lowest BCUT2D eigenvalue weighted by molar-refractivity contribution is -0.384. The number of aromatic hydroxyl groups is 2. The minimum atomic E-state index is -1.15.